The molecule has 21 heavy (non-hydrogen) atoms. The van der Waals surface area contributed by atoms with Gasteiger partial charge in [0.25, 0.3) is 5.69 Å². The van der Waals surface area contributed by atoms with Crippen LogP contribution in [0.5, 0.6) is 0 Å². The lowest BCUT2D eigenvalue weighted by atomic mass is 9.79. The first kappa shape index (κ1) is 14.5. The fourth-order valence-corrected chi connectivity index (χ4v) is 3.81. The molecule has 6 nitrogen and oxygen atoms in total. The minimum absolute atomic E-state index is 0.0587. The van der Waals surface area contributed by atoms with Crippen LogP contribution in [0, 0.1) is 10.1 Å². The zero-order chi connectivity index (χ0) is 14.9. The summed E-state index contributed by atoms with van der Waals surface area (Å²) in [5, 5.41) is 14.7. The summed E-state index contributed by atoms with van der Waals surface area (Å²) >= 11 is 6.28. The van der Waals surface area contributed by atoms with Gasteiger partial charge in [-0.15, -0.1) is 0 Å². The van der Waals surface area contributed by atoms with Crippen LogP contribution in [0.25, 0.3) is 0 Å². The first-order valence-corrected chi connectivity index (χ1v) is 7.78. The van der Waals surface area contributed by atoms with Crippen LogP contribution in [0.4, 0.5) is 11.5 Å². The number of nitrogens with one attached hydrogen (secondary N) is 1. The summed E-state index contributed by atoms with van der Waals surface area (Å²) < 4.78 is 0. The number of hydrogen-bond acceptors (Lipinski definition) is 5. The van der Waals surface area contributed by atoms with Crippen molar-refractivity contribution in [2.24, 2.45) is 0 Å². The van der Waals surface area contributed by atoms with Crippen molar-refractivity contribution in [2.45, 2.75) is 37.6 Å². The van der Waals surface area contributed by atoms with Gasteiger partial charge >= 0.3 is 0 Å². The van der Waals surface area contributed by atoms with E-state index in [1.165, 1.54) is 31.5 Å². The highest BCUT2D eigenvalue weighted by atomic mass is 35.5. The monoisotopic (exact) mass is 310 g/mol. The van der Waals surface area contributed by atoms with Crippen LogP contribution in [0.2, 0.25) is 5.02 Å². The molecule has 0 atom stereocenters. The Labute approximate surface area is 128 Å². The van der Waals surface area contributed by atoms with Gasteiger partial charge < -0.3 is 10.2 Å². The predicted octanol–water partition coefficient (Wildman–Crippen LogP) is 2.76. The zero-order valence-corrected chi connectivity index (χ0v) is 12.6. The highest BCUT2D eigenvalue weighted by Gasteiger charge is 2.41. The van der Waals surface area contributed by atoms with E-state index < -0.39 is 4.92 Å². The van der Waals surface area contributed by atoms with Crippen molar-refractivity contribution in [1.29, 1.82) is 0 Å². The van der Waals surface area contributed by atoms with Gasteiger partial charge in [-0.1, -0.05) is 30.9 Å². The lowest BCUT2D eigenvalue weighted by Gasteiger charge is -2.50. The summed E-state index contributed by atoms with van der Waals surface area (Å²) in [6.07, 6.45) is 7.24. The van der Waals surface area contributed by atoms with E-state index in [4.69, 9.17) is 11.6 Å². The normalized spacial score (nSPS) is 21.5. The Morgan fingerprint density at radius 1 is 1.38 bits per heavy atom. The summed E-state index contributed by atoms with van der Waals surface area (Å²) in [6, 6.07) is 1.41. The maximum atomic E-state index is 10.8. The summed E-state index contributed by atoms with van der Waals surface area (Å²) in [5.74, 6) is 0.686. The number of piperazine rings is 1. The second-order valence-electron chi connectivity index (χ2n) is 5.87. The molecule has 1 saturated carbocycles. The molecule has 1 aromatic rings. The quantitative estimate of drug-likeness (QED) is 0.672. The molecule has 1 aliphatic carbocycles. The Kier molecular flexibility index (Phi) is 3.99. The molecule has 0 aromatic carbocycles. The molecule has 0 radical (unpaired) electrons. The van der Waals surface area contributed by atoms with Crippen molar-refractivity contribution in [2.75, 3.05) is 24.5 Å². The van der Waals surface area contributed by atoms with E-state index in [0.29, 0.717) is 10.8 Å². The second-order valence-corrected chi connectivity index (χ2v) is 6.28. The van der Waals surface area contributed by atoms with Crippen molar-refractivity contribution in [3.8, 4) is 0 Å². The SMILES string of the molecule is O=[N+]([O-])c1cnc(N2CCNCC23CCCCC3)c(Cl)c1. The third kappa shape index (κ3) is 2.70. The van der Waals surface area contributed by atoms with Crippen molar-refractivity contribution in [3.63, 3.8) is 0 Å². The van der Waals surface area contributed by atoms with Crippen molar-refractivity contribution < 1.29 is 4.92 Å². The summed E-state index contributed by atoms with van der Waals surface area (Å²) in [4.78, 5) is 16.9. The molecule has 0 bridgehead atoms. The zero-order valence-electron chi connectivity index (χ0n) is 11.8. The van der Waals surface area contributed by atoms with E-state index >= 15 is 0 Å². The van der Waals surface area contributed by atoms with Crippen LogP contribution in [-0.4, -0.2) is 35.1 Å². The van der Waals surface area contributed by atoms with Crippen LogP contribution >= 0.6 is 11.6 Å². The topological polar surface area (TPSA) is 71.3 Å². The molecule has 1 saturated heterocycles. The largest absolute Gasteiger partial charge is 0.347 e. The molecule has 1 aliphatic heterocycles. The van der Waals surface area contributed by atoms with Gasteiger partial charge in [-0.25, -0.2) is 4.98 Å². The fourth-order valence-electron chi connectivity index (χ4n) is 3.55. The number of nitrogens with zero attached hydrogens (tertiary/aromatic N) is 3. The molecule has 1 aromatic heterocycles. The highest BCUT2D eigenvalue weighted by molar-refractivity contribution is 6.33. The maximum absolute atomic E-state index is 10.8. The smallest absolute Gasteiger partial charge is 0.289 e. The molecule has 2 fully saturated rings. The van der Waals surface area contributed by atoms with Crippen molar-refractivity contribution >= 4 is 23.1 Å². The Bertz CT molecular complexity index is 538. The Morgan fingerprint density at radius 2 is 2.14 bits per heavy atom. The molecule has 2 aliphatic rings. The van der Waals surface area contributed by atoms with Gasteiger partial charge in [0.1, 0.15) is 12.0 Å². The summed E-state index contributed by atoms with van der Waals surface area (Å²) in [5.41, 5.74) is 0.0000792. The molecular formula is C14H19ClN4O2. The van der Waals surface area contributed by atoms with Gasteiger partial charge in [0.05, 0.1) is 15.5 Å². The minimum Gasteiger partial charge on any atom is -0.347 e. The Balaban J connectivity index is 1.95. The van der Waals surface area contributed by atoms with Gasteiger partial charge in [-0.05, 0) is 12.8 Å². The van der Waals surface area contributed by atoms with Crippen LogP contribution in [-0.2, 0) is 0 Å². The first-order valence-electron chi connectivity index (χ1n) is 7.41. The Morgan fingerprint density at radius 3 is 2.81 bits per heavy atom. The van der Waals surface area contributed by atoms with E-state index in [0.717, 1.165) is 32.5 Å². The van der Waals surface area contributed by atoms with E-state index in [1.807, 2.05) is 0 Å². The molecule has 3 rings (SSSR count). The van der Waals surface area contributed by atoms with E-state index in [2.05, 4.69) is 15.2 Å². The van der Waals surface area contributed by atoms with Crippen LogP contribution in [0.1, 0.15) is 32.1 Å². The van der Waals surface area contributed by atoms with Crippen molar-refractivity contribution in [1.82, 2.24) is 10.3 Å². The molecule has 1 N–H and O–H groups in total. The second kappa shape index (κ2) is 5.77. The van der Waals surface area contributed by atoms with E-state index in [1.54, 1.807) is 0 Å². The molecule has 0 unspecified atom stereocenters. The van der Waals surface area contributed by atoms with Gasteiger partial charge in [0.15, 0.2) is 0 Å². The van der Waals surface area contributed by atoms with Crippen molar-refractivity contribution in [3.05, 3.63) is 27.4 Å². The van der Waals surface area contributed by atoms with Gasteiger partial charge in [0.2, 0.25) is 0 Å². The number of anilines is 1. The molecule has 2 heterocycles. The fraction of sp³-hybridized carbons (Fsp3) is 0.643. The number of halogens is 1. The highest BCUT2D eigenvalue weighted by Crippen LogP contribution is 2.39. The lowest BCUT2D eigenvalue weighted by molar-refractivity contribution is -0.385. The molecule has 1 spiro atoms. The molecular weight excluding hydrogens is 292 g/mol. The predicted molar refractivity (Wildman–Crippen MR) is 81.9 cm³/mol. The average molecular weight is 311 g/mol. The number of rotatable bonds is 2. The summed E-state index contributed by atoms with van der Waals surface area (Å²) in [7, 11) is 0. The molecule has 114 valence electrons. The summed E-state index contributed by atoms with van der Waals surface area (Å²) in [6.45, 7) is 2.66. The van der Waals surface area contributed by atoms with Crippen LogP contribution < -0.4 is 10.2 Å². The number of nitro groups is 1. The number of pyridine rings is 1. The third-order valence-corrected chi connectivity index (χ3v) is 4.88. The lowest BCUT2D eigenvalue weighted by Crippen LogP contribution is -2.62. The van der Waals surface area contributed by atoms with Crippen LogP contribution in [0.3, 0.4) is 0 Å². The van der Waals surface area contributed by atoms with Crippen LogP contribution in [0.15, 0.2) is 12.3 Å². The minimum atomic E-state index is -0.462. The Hall–Kier alpha value is -1.40. The first-order chi connectivity index (χ1) is 10.1. The standard InChI is InChI=1S/C14H19ClN4O2/c15-12-8-11(19(20)21)9-17-13(12)18-7-6-16-10-14(18)4-2-1-3-5-14/h8-9,16H,1-7,10H2. The average Bonchev–Trinajstić information content (AvgIpc) is 2.49. The third-order valence-electron chi connectivity index (χ3n) is 4.60. The van der Waals surface area contributed by atoms with E-state index in [9.17, 15) is 10.1 Å². The molecule has 0 amide bonds. The van der Waals surface area contributed by atoms with Gasteiger partial charge in [-0.3, -0.25) is 10.1 Å². The van der Waals surface area contributed by atoms with E-state index in [-0.39, 0.29) is 11.2 Å². The van der Waals surface area contributed by atoms with Gasteiger partial charge in [0, 0.05) is 25.7 Å². The number of hydrogen-bond donors (Lipinski definition) is 1. The maximum Gasteiger partial charge on any atom is 0.289 e. The van der Waals surface area contributed by atoms with Gasteiger partial charge in [-0.2, -0.15) is 0 Å². The molecule has 7 heteroatoms. The number of aromatic nitrogens is 1.